The van der Waals surface area contributed by atoms with Crippen LogP contribution in [-0.4, -0.2) is 10.7 Å². The summed E-state index contributed by atoms with van der Waals surface area (Å²) >= 11 is 3.49. The molecule has 0 aromatic heterocycles. The van der Waals surface area contributed by atoms with E-state index in [0.29, 0.717) is 0 Å². The highest BCUT2D eigenvalue weighted by Crippen LogP contribution is 2.36. The van der Waals surface area contributed by atoms with Gasteiger partial charge in [0.15, 0.2) is 0 Å². The van der Waals surface area contributed by atoms with E-state index >= 15 is 0 Å². The molecule has 0 bridgehead atoms. The van der Waals surface area contributed by atoms with Crippen molar-refractivity contribution in [2.75, 3.05) is 0 Å². The molecule has 0 atom stereocenters. The van der Waals surface area contributed by atoms with Crippen LogP contribution in [0.2, 0.25) is 0 Å². The maximum Gasteiger partial charge on any atom is 0.0688 e. The molecule has 0 saturated heterocycles. The third-order valence-corrected chi connectivity index (χ3v) is 3.54. The number of hydrogen-bond acceptors (Lipinski definition) is 1. The summed E-state index contributed by atoms with van der Waals surface area (Å²) in [4.78, 5) is 0. The quantitative estimate of drug-likeness (QED) is 0.844. The number of aliphatic hydroxyl groups is 1. The summed E-state index contributed by atoms with van der Waals surface area (Å²) in [5.41, 5.74) is 0.800. The van der Waals surface area contributed by atoms with Gasteiger partial charge < -0.3 is 5.11 Å². The molecule has 2 heteroatoms. The van der Waals surface area contributed by atoms with Gasteiger partial charge in [0, 0.05) is 10.9 Å². The highest BCUT2D eigenvalue weighted by atomic mass is 79.9. The normalized spacial score (nSPS) is 19.5. The monoisotopic (exact) mass is 240 g/mol. The minimum atomic E-state index is -0.413. The van der Waals surface area contributed by atoms with Crippen LogP contribution in [0.1, 0.15) is 24.8 Å². The van der Waals surface area contributed by atoms with Gasteiger partial charge >= 0.3 is 0 Å². The van der Waals surface area contributed by atoms with E-state index in [2.05, 4.69) is 22.0 Å². The van der Waals surface area contributed by atoms with Crippen molar-refractivity contribution >= 4 is 15.9 Å². The summed E-state index contributed by atoms with van der Waals surface area (Å²) in [5.74, 6) is 0. The molecule has 0 spiro atoms. The maximum absolute atomic E-state index is 9.97. The van der Waals surface area contributed by atoms with Crippen LogP contribution in [0, 0.1) is 0 Å². The van der Waals surface area contributed by atoms with Gasteiger partial charge in [-0.25, -0.2) is 0 Å². The van der Waals surface area contributed by atoms with Crippen molar-refractivity contribution in [2.24, 2.45) is 0 Å². The first kappa shape index (κ1) is 9.22. The zero-order valence-electron chi connectivity index (χ0n) is 7.46. The molecule has 1 nitrogen and oxygen atoms in total. The van der Waals surface area contributed by atoms with E-state index in [4.69, 9.17) is 0 Å². The van der Waals surface area contributed by atoms with Crippen LogP contribution in [0.25, 0.3) is 0 Å². The Morgan fingerprint density at radius 3 is 2.54 bits per heavy atom. The van der Waals surface area contributed by atoms with Gasteiger partial charge in [0.1, 0.15) is 0 Å². The molecule has 0 aliphatic heterocycles. The Balaban J connectivity index is 2.13. The molecule has 0 radical (unpaired) electrons. The third-order valence-electron chi connectivity index (χ3n) is 2.76. The van der Waals surface area contributed by atoms with Crippen molar-refractivity contribution in [1.29, 1.82) is 0 Å². The van der Waals surface area contributed by atoms with E-state index in [9.17, 15) is 5.11 Å². The van der Waals surface area contributed by atoms with E-state index in [0.717, 1.165) is 23.7 Å². The first-order valence-corrected chi connectivity index (χ1v) is 5.45. The van der Waals surface area contributed by atoms with Crippen molar-refractivity contribution < 1.29 is 5.11 Å². The summed E-state index contributed by atoms with van der Waals surface area (Å²) < 4.78 is 1.11. The molecule has 70 valence electrons. The number of hydrogen-bond donors (Lipinski definition) is 1. The highest BCUT2D eigenvalue weighted by molar-refractivity contribution is 9.10. The van der Waals surface area contributed by atoms with Gasteiger partial charge in [0.25, 0.3) is 0 Å². The molecule has 13 heavy (non-hydrogen) atoms. The molecular formula is C11H13BrO. The van der Waals surface area contributed by atoms with Gasteiger partial charge in [-0.15, -0.1) is 0 Å². The average Bonchev–Trinajstić information content (AvgIpc) is 2.06. The van der Waals surface area contributed by atoms with Crippen LogP contribution >= 0.6 is 15.9 Å². The standard InChI is InChI=1S/C11H13BrO/c12-10-5-2-1-4-9(10)8-11(13)6-3-7-11/h1-2,4-5,13H,3,6-8H2. The molecule has 1 N–H and O–H groups in total. The molecule has 1 aromatic rings. The van der Waals surface area contributed by atoms with Gasteiger partial charge in [-0.1, -0.05) is 34.1 Å². The first-order valence-electron chi connectivity index (χ1n) is 4.65. The zero-order chi connectivity index (χ0) is 9.31. The second-order valence-electron chi connectivity index (χ2n) is 3.85. The number of halogens is 1. The lowest BCUT2D eigenvalue weighted by molar-refractivity contribution is -0.0324. The third kappa shape index (κ3) is 1.94. The molecule has 1 aliphatic rings. The Hall–Kier alpha value is -0.340. The molecule has 1 fully saturated rings. The topological polar surface area (TPSA) is 20.2 Å². The molecule has 1 aliphatic carbocycles. The Morgan fingerprint density at radius 2 is 2.00 bits per heavy atom. The predicted molar refractivity (Wildman–Crippen MR) is 56.6 cm³/mol. The lowest BCUT2D eigenvalue weighted by Gasteiger charge is -2.36. The van der Waals surface area contributed by atoms with Gasteiger partial charge in [0.05, 0.1) is 5.60 Å². The minimum absolute atomic E-state index is 0.413. The smallest absolute Gasteiger partial charge is 0.0688 e. The van der Waals surface area contributed by atoms with Crippen molar-refractivity contribution in [3.05, 3.63) is 34.3 Å². The summed E-state index contributed by atoms with van der Waals surface area (Å²) in [6.45, 7) is 0. The van der Waals surface area contributed by atoms with Crippen LogP contribution in [0.4, 0.5) is 0 Å². The van der Waals surface area contributed by atoms with Crippen molar-refractivity contribution in [3.63, 3.8) is 0 Å². The fraction of sp³-hybridized carbons (Fsp3) is 0.455. The van der Waals surface area contributed by atoms with Crippen molar-refractivity contribution in [3.8, 4) is 0 Å². The maximum atomic E-state index is 9.97. The highest BCUT2D eigenvalue weighted by Gasteiger charge is 2.34. The van der Waals surface area contributed by atoms with Crippen LogP contribution in [0.15, 0.2) is 28.7 Å². The zero-order valence-corrected chi connectivity index (χ0v) is 9.05. The molecule has 1 saturated carbocycles. The second-order valence-corrected chi connectivity index (χ2v) is 4.70. The van der Waals surface area contributed by atoms with Gasteiger partial charge in [-0.05, 0) is 30.9 Å². The van der Waals surface area contributed by atoms with Crippen LogP contribution in [0.5, 0.6) is 0 Å². The Bertz CT molecular complexity index is 305. The van der Waals surface area contributed by atoms with E-state index < -0.39 is 5.60 Å². The lowest BCUT2D eigenvalue weighted by atomic mass is 9.76. The fourth-order valence-corrected chi connectivity index (χ4v) is 2.18. The average molecular weight is 241 g/mol. The first-order chi connectivity index (χ1) is 6.20. The predicted octanol–water partition coefficient (Wildman–Crippen LogP) is 2.91. The van der Waals surface area contributed by atoms with Gasteiger partial charge in [-0.2, -0.15) is 0 Å². The molecular weight excluding hydrogens is 228 g/mol. The van der Waals surface area contributed by atoms with E-state index in [1.54, 1.807) is 0 Å². The van der Waals surface area contributed by atoms with Gasteiger partial charge in [-0.3, -0.25) is 0 Å². The van der Waals surface area contributed by atoms with Crippen LogP contribution < -0.4 is 0 Å². The SMILES string of the molecule is OC1(Cc2ccccc2Br)CCC1. The Kier molecular flexibility index (Phi) is 2.43. The molecule has 0 heterocycles. The Labute approximate surface area is 86.9 Å². The van der Waals surface area contributed by atoms with Crippen LogP contribution in [-0.2, 0) is 6.42 Å². The number of benzene rings is 1. The van der Waals surface area contributed by atoms with E-state index in [1.807, 2.05) is 18.2 Å². The lowest BCUT2D eigenvalue weighted by Crippen LogP contribution is -2.38. The molecule has 0 amide bonds. The van der Waals surface area contributed by atoms with Crippen LogP contribution in [0.3, 0.4) is 0 Å². The number of rotatable bonds is 2. The summed E-state index contributed by atoms with van der Waals surface area (Å²) in [6.07, 6.45) is 3.86. The largest absolute Gasteiger partial charge is 0.390 e. The van der Waals surface area contributed by atoms with E-state index in [-0.39, 0.29) is 0 Å². The fourth-order valence-electron chi connectivity index (χ4n) is 1.76. The molecule has 2 rings (SSSR count). The minimum Gasteiger partial charge on any atom is -0.390 e. The summed E-state index contributed by atoms with van der Waals surface area (Å²) in [6, 6.07) is 8.11. The van der Waals surface area contributed by atoms with Gasteiger partial charge in [0.2, 0.25) is 0 Å². The second kappa shape index (κ2) is 3.43. The molecule has 1 aromatic carbocycles. The van der Waals surface area contributed by atoms with Crippen molar-refractivity contribution in [2.45, 2.75) is 31.3 Å². The Morgan fingerprint density at radius 1 is 1.31 bits per heavy atom. The summed E-state index contributed by atoms with van der Waals surface area (Å²) in [7, 11) is 0. The summed E-state index contributed by atoms with van der Waals surface area (Å²) in [5, 5.41) is 9.97. The molecule has 0 unspecified atom stereocenters. The van der Waals surface area contributed by atoms with E-state index in [1.165, 1.54) is 12.0 Å². The van der Waals surface area contributed by atoms with Crippen molar-refractivity contribution in [1.82, 2.24) is 0 Å².